The zero-order chi connectivity index (χ0) is 12.8. The van der Waals surface area contributed by atoms with Crippen LogP contribution in [0.1, 0.15) is 25.7 Å². The van der Waals surface area contributed by atoms with Gasteiger partial charge in [-0.1, -0.05) is 18.9 Å². The van der Waals surface area contributed by atoms with Gasteiger partial charge in [-0.25, -0.2) is 0 Å². The van der Waals surface area contributed by atoms with Gasteiger partial charge < -0.3 is 15.8 Å². The number of carbonyl (C=O) groups is 1. The van der Waals surface area contributed by atoms with E-state index in [2.05, 4.69) is 5.32 Å². The van der Waals surface area contributed by atoms with Crippen LogP contribution in [-0.2, 0) is 4.79 Å². The number of nitrogens with two attached hydrogens (primary N) is 1. The average molecular weight is 248 g/mol. The Hall–Kier alpha value is -1.71. The fourth-order valence-electron chi connectivity index (χ4n) is 1.78. The third-order valence-corrected chi connectivity index (χ3v) is 3.03. The largest absolute Gasteiger partial charge is 0.493 e. The first-order valence-electron chi connectivity index (χ1n) is 6.49. The molecule has 0 aliphatic heterocycles. The molecule has 1 fully saturated rings. The van der Waals surface area contributed by atoms with E-state index in [0.717, 1.165) is 18.9 Å². The van der Waals surface area contributed by atoms with Crippen LogP contribution >= 0.6 is 0 Å². The van der Waals surface area contributed by atoms with Crippen LogP contribution in [0.25, 0.3) is 0 Å². The number of ether oxygens (including phenoxy) is 1. The van der Waals surface area contributed by atoms with Crippen LogP contribution in [0.5, 0.6) is 5.75 Å². The summed E-state index contributed by atoms with van der Waals surface area (Å²) < 4.78 is 5.46. The quantitative estimate of drug-likeness (QED) is 0.725. The van der Waals surface area contributed by atoms with Crippen LogP contribution in [0.4, 0.5) is 5.69 Å². The molecule has 0 aromatic heterocycles. The summed E-state index contributed by atoms with van der Waals surface area (Å²) in [5, 5.41) is 2.91. The minimum atomic E-state index is 0.0551. The smallest absolute Gasteiger partial charge is 0.223 e. The minimum absolute atomic E-state index is 0.0551. The fraction of sp³-hybridized carbons (Fsp3) is 0.500. The Kier molecular flexibility index (Phi) is 4.45. The molecule has 0 radical (unpaired) electrons. The number of anilines is 1. The fourth-order valence-corrected chi connectivity index (χ4v) is 1.78. The van der Waals surface area contributed by atoms with Crippen molar-refractivity contribution >= 4 is 11.6 Å². The monoisotopic (exact) mass is 248 g/mol. The maximum Gasteiger partial charge on any atom is 0.223 e. The van der Waals surface area contributed by atoms with Gasteiger partial charge in [-0.3, -0.25) is 4.79 Å². The molecular formula is C14H20N2O2. The number of carbonyl (C=O) groups excluding carboxylic acids is 1. The highest BCUT2D eigenvalue weighted by molar-refractivity contribution is 5.75. The first-order chi connectivity index (χ1) is 8.74. The van der Waals surface area contributed by atoms with Crippen molar-refractivity contribution in [3.8, 4) is 5.75 Å². The predicted octanol–water partition coefficient (Wildman–Crippen LogP) is 1.95. The molecule has 1 amide bonds. The van der Waals surface area contributed by atoms with Gasteiger partial charge in [-0.15, -0.1) is 0 Å². The number of amides is 1. The van der Waals surface area contributed by atoms with E-state index in [1.807, 2.05) is 12.1 Å². The van der Waals surface area contributed by atoms with Crippen molar-refractivity contribution < 1.29 is 9.53 Å². The molecule has 1 aliphatic carbocycles. The predicted molar refractivity (Wildman–Crippen MR) is 71.3 cm³/mol. The SMILES string of the molecule is Nc1cccc(OCCC(=O)NCCC2CC2)c1. The second kappa shape index (κ2) is 6.28. The molecule has 0 saturated heterocycles. The molecule has 2 rings (SSSR count). The van der Waals surface area contributed by atoms with Crippen LogP contribution in [-0.4, -0.2) is 19.1 Å². The van der Waals surface area contributed by atoms with Crippen molar-refractivity contribution in [1.29, 1.82) is 0 Å². The van der Waals surface area contributed by atoms with Crippen LogP contribution in [0, 0.1) is 5.92 Å². The standard InChI is InChI=1S/C14H20N2O2/c15-12-2-1-3-13(10-12)18-9-7-14(17)16-8-6-11-4-5-11/h1-3,10-11H,4-9,15H2,(H,16,17). The molecule has 0 atom stereocenters. The minimum Gasteiger partial charge on any atom is -0.493 e. The molecule has 4 heteroatoms. The van der Waals surface area contributed by atoms with E-state index in [4.69, 9.17) is 10.5 Å². The Labute approximate surface area is 108 Å². The van der Waals surface area contributed by atoms with Crippen molar-refractivity contribution in [2.75, 3.05) is 18.9 Å². The Balaban J connectivity index is 1.57. The number of nitrogens with one attached hydrogen (secondary N) is 1. The molecule has 0 heterocycles. The number of nitrogen functional groups attached to an aromatic ring is 1. The second-order valence-electron chi connectivity index (χ2n) is 4.75. The van der Waals surface area contributed by atoms with Gasteiger partial charge in [-0.05, 0) is 24.5 Å². The van der Waals surface area contributed by atoms with E-state index in [1.165, 1.54) is 12.8 Å². The first-order valence-corrected chi connectivity index (χ1v) is 6.49. The highest BCUT2D eigenvalue weighted by Crippen LogP contribution is 2.31. The van der Waals surface area contributed by atoms with Crippen molar-refractivity contribution in [3.05, 3.63) is 24.3 Å². The Morgan fingerprint density at radius 2 is 2.28 bits per heavy atom. The summed E-state index contributed by atoms with van der Waals surface area (Å²) in [5.41, 5.74) is 6.30. The van der Waals surface area contributed by atoms with Crippen molar-refractivity contribution in [2.24, 2.45) is 5.92 Å². The van der Waals surface area contributed by atoms with Gasteiger partial charge in [0.1, 0.15) is 5.75 Å². The number of rotatable bonds is 7. The summed E-state index contributed by atoms with van der Waals surface area (Å²) in [7, 11) is 0. The molecule has 0 bridgehead atoms. The molecule has 1 aromatic carbocycles. The summed E-state index contributed by atoms with van der Waals surface area (Å²) in [6.45, 7) is 1.18. The molecule has 3 N–H and O–H groups in total. The number of hydrogen-bond donors (Lipinski definition) is 2. The number of benzene rings is 1. The van der Waals surface area contributed by atoms with Gasteiger partial charge in [0.15, 0.2) is 0 Å². The molecule has 1 aliphatic rings. The lowest BCUT2D eigenvalue weighted by Gasteiger charge is -2.07. The first kappa shape index (κ1) is 12.7. The number of hydrogen-bond acceptors (Lipinski definition) is 3. The second-order valence-corrected chi connectivity index (χ2v) is 4.75. The lowest BCUT2D eigenvalue weighted by atomic mass is 10.3. The summed E-state index contributed by atoms with van der Waals surface area (Å²) in [5.74, 6) is 1.62. The van der Waals surface area contributed by atoms with E-state index < -0.39 is 0 Å². The van der Waals surface area contributed by atoms with Crippen LogP contribution in [0.3, 0.4) is 0 Å². The van der Waals surface area contributed by atoms with E-state index in [1.54, 1.807) is 12.1 Å². The molecule has 98 valence electrons. The third-order valence-electron chi connectivity index (χ3n) is 3.03. The van der Waals surface area contributed by atoms with E-state index in [9.17, 15) is 4.79 Å². The summed E-state index contributed by atoms with van der Waals surface area (Å²) >= 11 is 0. The van der Waals surface area contributed by atoms with Gasteiger partial charge in [0.2, 0.25) is 5.91 Å². The maximum atomic E-state index is 11.5. The Morgan fingerprint density at radius 1 is 1.44 bits per heavy atom. The normalized spacial score (nSPS) is 14.2. The van der Waals surface area contributed by atoms with E-state index >= 15 is 0 Å². The van der Waals surface area contributed by atoms with Crippen molar-refractivity contribution in [2.45, 2.75) is 25.7 Å². The van der Waals surface area contributed by atoms with Crippen molar-refractivity contribution in [3.63, 3.8) is 0 Å². The Bertz CT molecular complexity index is 403. The highest BCUT2D eigenvalue weighted by atomic mass is 16.5. The summed E-state index contributed by atoms with van der Waals surface area (Å²) in [4.78, 5) is 11.5. The molecular weight excluding hydrogens is 228 g/mol. The van der Waals surface area contributed by atoms with E-state index in [-0.39, 0.29) is 5.91 Å². The molecule has 0 spiro atoms. The zero-order valence-electron chi connectivity index (χ0n) is 10.5. The molecule has 1 aromatic rings. The van der Waals surface area contributed by atoms with Gasteiger partial charge in [-0.2, -0.15) is 0 Å². The highest BCUT2D eigenvalue weighted by Gasteiger charge is 2.20. The van der Waals surface area contributed by atoms with Gasteiger partial charge in [0, 0.05) is 18.3 Å². The van der Waals surface area contributed by atoms with Crippen LogP contribution in [0.15, 0.2) is 24.3 Å². The van der Waals surface area contributed by atoms with Crippen LogP contribution in [0.2, 0.25) is 0 Å². The Morgan fingerprint density at radius 3 is 3.00 bits per heavy atom. The molecule has 4 nitrogen and oxygen atoms in total. The lowest BCUT2D eigenvalue weighted by Crippen LogP contribution is -2.26. The van der Waals surface area contributed by atoms with E-state index in [0.29, 0.717) is 24.5 Å². The van der Waals surface area contributed by atoms with Gasteiger partial charge >= 0.3 is 0 Å². The van der Waals surface area contributed by atoms with Crippen LogP contribution < -0.4 is 15.8 Å². The van der Waals surface area contributed by atoms with Crippen molar-refractivity contribution in [1.82, 2.24) is 5.32 Å². The average Bonchev–Trinajstić information content (AvgIpc) is 3.13. The molecule has 18 heavy (non-hydrogen) atoms. The van der Waals surface area contributed by atoms with Gasteiger partial charge in [0.05, 0.1) is 13.0 Å². The third kappa shape index (κ3) is 4.65. The summed E-state index contributed by atoms with van der Waals surface area (Å²) in [6, 6.07) is 7.23. The zero-order valence-corrected chi connectivity index (χ0v) is 10.5. The van der Waals surface area contributed by atoms with Gasteiger partial charge in [0.25, 0.3) is 0 Å². The topological polar surface area (TPSA) is 64.3 Å². The molecule has 1 saturated carbocycles. The lowest BCUT2D eigenvalue weighted by molar-refractivity contribution is -0.121. The summed E-state index contributed by atoms with van der Waals surface area (Å²) in [6.07, 6.45) is 4.16. The molecule has 0 unspecified atom stereocenters. The maximum absolute atomic E-state index is 11.5.